The third kappa shape index (κ3) is 23.1. The van der Waals surface area contributed by atoms with Crippen LogP contribution in [0.5, 0.6) is 0 Å². The number of unbranched alkanes of at least 4 members (excludes halogenated alkanes) is 21. The van der Waals surface area contributed by atoms with E-state index in [9.17, 15) is 4.79 Å². The number of nitrogens with two attached hydrogens (primary N) is 1. The van der Waals surface area contributed by atoms with Gasteiger partial charge in [0.2, 0.25) is 0 Å². The van der Waals surface area contributed by atoms with Crippen LogP contribution < -0.4 is 11.3 Å². The maximum atomic E-state index is 12.5. The average molecular weight is 545 g/mol. The van der Waals surface area contributed by atoms with Gasteiger partial charge in [-0.2, -0.15) is 0 Å². The van der Waals surface area contributed by atoms with Gasteiger partial charge in [0.1, 0.15) is 6.10 Å². The Kier molecular flexibility index (Phi) is 25.7. The first-order chi connectivity index (χ1) is 19.3. The molecule has 39 heavy (non-hydrogen) atoms. The summed E-state index contributed by atoms with van der Waals surface area (Å²) in [5.41, 5.74) is 3.40. The van der Waals surface area contributed by atoms with Crippen molar-refractivity contribution in [3.63, 3.8) is 0 Å². The molecule has 4 heteroatoms. The van der Waals surface area contributed by atoms with Crippen molar-refractivity contribution in [1.29, 1.82) is 0 Å². The third-order valence-corrected chi connectivity index (χ3v) is 8.01. The zero-order valence-electron chi connectivity index (χ0n) is 25.7. The number of hydrazine groups is 1. The number of rotatable bonds is 29. The highest BCUT2D eigenvalue weighted by Gasteiger charge is 2.15. The van der Waals surface area contributed by atoms with Crippen LogP contribution in [0.3, 0.4) is 0 Å². The van der Waals surface area contributed by atoms with Gasteiger partial charge in [-0.05, 0) is 44.2 Å². The van der Waals surface area contributed by atoms with E-state index in [4.69, 9.17) is 10.6 Å². The fourth-order valence-corrected chi connectivity index (χ4v) is 5.46. The standard InChI is InChI=1S/C35H64N2O2/c1-2-3-23-30-34(39-35(38)33-28-24-22-25-29-33)31-26-20-18-16-14-12-10-8-6-4-5-7-9-11-13-15-17-19-21-27-32-37-36/h22,24-25,28-29,34,37H,2-21,23,26-27,30-32,36H2,1H3. The van der Waals surface area contributed by atoms with Crippen molar-refractivity contribution in [2.45, 2.75) is 174 Å². The minimum atomic E-state index is -0.161. The van der Waals surface area contributed by atoms with E-state index in [1.54, 1.807) is 0 Å². The Bertz CT molecular complexity index is 637. The van der Waals surface area contributed by atoms with Gasteiger partial charge in [-0.1, -0.05) is 154 Å². The van der Waals surface area contributed by atoms with Crippen molar-refractivity contribution >= 4 is 5.97 Å². The highest BCUT2D eigenvalue weighted by Crippen LogP contribution is 2.18. The normalized spacial score (nSPS) is 12.1. The molecule has 1 aromatic rings. The number of nitrogens with one attached hydrogen (secondary N) is 1. The molecule has 1 rings (SSSR count). The lowest BCUT2D eigenvalue weighted by atomic mass is 10.0. The molecule has 0 amide bonds. The highest BCUT2D eigenvalue weighted by atomic mass is 16.5. The quantitative estimate of drug-likeness (QED) is 0.0455. The first kappa shape index (κ1) is 35.6. The van der Waals surface area contributed by atoms with Crippen LogP contribution in [0.2, 0.25) is 0 Å². The lowest BCUT2D eigenvalue weighted by Crippen LogP contribution is -2.22. The van der Waals surface area contributed by atoms with Gasteiger partial charge in [0.05, 0.1) is 5.56 Å². The van der Waals surface area contributed by atoms with Gasteiger partial charge in [0.25, 0.3) is 0 Å². The fraction of sp³-hybridized carbons (Fsp3) is 0.800. The predicted molar refractivity (Wildman–Crippen MR) is 169 cm³/mol. The van der Waals surface area contributed by atoms with E-state index in [2.05, 4.69) is 12.3 Å². The maximum absolute atomic E-state index is 12.5. The van der Waals surface area contributed by atoms with E-state index in [0.717, 1.165) is 25.8 Å². The Labute approximate surface area is 242 Å². The van der Waals surface area contributed by atoms with Gasteiger partial charge >= 0.3 is 5.97 Å². The second-order valence-electron chi connectivity index (χ2n) is 11.7. The van der Waals surface area contributed by atoms with E-state index in [-0.39, 0.29) is 12.1 Å². The highest BCUT2D eigenvalue weighted by molar-refractivity contribution is 5.89. The SMILES string of the molecule is CCCCCC(CCCCCCCCCCCCCCCCCCCCCCNN)OC(=O)c1ccccc1. The van der Waals surface area contributed by atoms with Crippen molar-refractivity contribution < 1.29 is 9.53 Å². The molecule has 0 spiro atoms. The van der Waals surface area contributed by atoms with E-state index in [0.29, 0.717) is 5.56 Å². The molecule has 1 aromatic carbocycles. The molecule has 1 unspecified atom stereocenters. The molecular weight excluding hydrogens is 480 g/mol. The van der Waals surface area contributed by atoms with Gasteiger partial charge in [-0.3, -0.25) is 11.3 Å². The number of carbonyl (C=O) groups excluding carboxylic acids is 1. The first-order valence-corrected chi connectivity index (χ1v) is 17.0. The molecule has 3 N–H and O–H groups in total. The molecule has 0 fully saturated rings. The molecule has 1 atom stereocenters. The molecule has 0 saturated heterocycles. The summed E-state index contributed by atoms with van der Waals surface area (Å²) in [5, 5.41) is 0. The summed E-state index contributed by atoms with van der Waals surface area (Å²) < 4.78 is 5.89. The maximum Gasteiger partial charge on any atom is 0.338 e. The fourth-order valence-electron chi connectivity index (χ4n) is 5.46. The Hall–Kier alpha value is -1.39. The summed E-state index contributed by atoms with van der Waals surface area (Å²) in [5.74, 6) is 5.13. The molecule has 0 aliphatic heterocycles. The monoisotopic (exact) mass is 544 g/mol. The van der Waals surface area contributed by atoms with Gasteiger partial charge in [-0.25, -0.2) is 4.79 Å². The van der Waals surface area contributed by atoms with Crippen LogP contribution in [-0.2, 0) is 4.74 Å². The smallest absolute Gasteiger partial charge is 0.338 e. The second-order valence-corrected chi connectivity index (χ2v) is 11.7. The molecular formula is C35H64N2O2. The molecule has 0 bridgehead atoms. The van der Waals surface area contributed by atoms with Crippen LogP contribution >= 0.6 is 0 Å². The third-order valence-electron chi connectivity index (χ3n) is 8.01. The Morgan fingerprint density at radius 2 is 1.00 bits per heavy atom. The zero-order valence-corrected chi connectivity index (χ0v) is 25.7. The molecule has 0 heterocycles. The van der Waals surface area contributed by atoms with Crippen LogP contribution in [0.25, 0.3) is 0 Å². The topological polar surface area (TPSA) is 64.3 Å². The molecule has 0 radical (unpaired) electrons. The summed E-state index contributed by atoms with van der Waals surface area (Å²) in [4.78, 5) is 12.5. The van der Waals surface area contributed by atoms with Gasteiger partial charge < -0.3 is 4.74 Å². The predicted octanol–water partition coefficient (Wildman–Crippen LogP) is 10.4. The number of esters is 1. The second kappa shape index (κ2) is 28.1. The summed E-state index contributed by atoms with van der Waals surface area (Å²) in [6.45, 7) is 3.18. The molecule has 226 valence electrons. The van der Waals surface area contributed by atoms with E-state index in [1.807, 2.05) is 30.3 Å². The molecule has 0 aliphatic rings. The van der Waals surface area contributed by atoms with Crippen molar-refractivity contribution in [3.8, 4) is 0 Å². The van der Waals surface area contributed by atoms with E-state index in [1.165, 1.54) is 141 Å². The van der Waals surface area contributed by atoms with Crippen LogP contribution in [0, 0.1) is 0 Å². The van der Waals surface area contributed by atoms with Crippen molar-refractivity contribution in [2.24, 2.45) is 5.84 Å². The first-order valence-electron chi connectivity index (χ1n) is 17.0. The lowest BCUT2D eigenvalue weighted by Gasteiger charge is -2.18. The summed E-state index contributed by atoms with van der Waals surface area (Å²) >= 11 is 0. The van der Waals surface area contributed by atoms with E-state index >= 15 is 0 Å². The minimum Gasteiger partial charge on any atom is -0.459 e. The Balaban J connectivity index is 1.89. The number of hydrogen-bond donors (Lipinski definition) is 2. The number of carbonyl (C=O) groups is 1. The largest absolute Gasteiger partial charge is 0.459 e. The number of benzene rings is 1. The summed E-state index contributed by atoms with van der Waals surface area (Å²) in [6.07, 6.45) is 33.1. The van der Waals surface area contributed by atoms with Gasteiger partial charge in [0, 0.05) is 6.54 Å². The Morgan fingerprint density at radius 1 is 0.615 bits per heavy atom. The molecule has 0 aromatic heterocycles. The number of ether oxygens (including phenoxy) is 1. The lowest BCUT2D eigenvalue weighted by molar-refractivity contribution is 0.0249. The van der Waals surface area contributed by atoms with Crippen LogP contribution in [0.4, 0.5) is 0 Å². The van der Waals surface area contributed by atoms with Gasteiger partial charge in [-0.15, -0.1) is 0 Å². The summed E-state index contributed by atoms with van der Waals surface area (Å²) in [6, 6.07) is 9.44. The Morgan fingerprint density at radius 3 is 1.41 bits per heavy atom. The molecule has 0 saturated carbocycles. The average Bonchev–Trinajstić information content (AvgIpc) is 2.96. The zero-order chi connectivity index (χ0) is 28.1. The minimum absolute atomic E-state index is 0.0732. The van der Waals surface area contributed by atoms with Crippen molar-refractivity contribution in [1.82, 2.24) is 5.43 Å². The molecule has 0 aliphatic carbocycles. The van der Waals surface area contributed by atoms with Crippen LogP contribution in [0.1, 0.15) is 178 Å². The van der Waals surface area contributed by atoms with Crippen molar-refractivity contribution in [3.05, 3.63) is 35.9 Å². The van der Waals surface area contributed by atoms with Gasteiger partial charge in [0.15, 0.2) is 0 Å². The molecule has 4 nitrogen and oxygen atoms in total. The number of hydrogen-bond acceptors (Lipinski definition) is 4. The van der Waals surface area contributed by atoms with Crippen LogP contribution in [0.15, 0.2) is 30.3 Å². The van der Waals surface area contributed by atoms with Crippen LogP contribution in [-0.4, -0.2) is 18.6 Å². The van der Waals surface area contributed by atoms with Crippen molar-refractivity contribution in [2.75, 3.05) is 6.54 Å². The summed E-state index contributed by atoms with van der Waals surface area (Å²) in [7, 11) is 0. The van der Waals surface area contributed by atoms with E-state index < -0.39 is 0 Å².